The third-order valence-electron chi connectivity index (χ3n) is 4.31. The molecular formula is C21H27NO4. The van der Waals surface area contributed by atoms with Gasteiger partial charge in [0.2, 0.25) is 0 Å². The molecule has 140 valence electrons. The first kappa shape index (κ1) is 19.8. The van der Waals surface area contributed by atoms with Crippen molar-refractivity contribution < 1.29 is 19.1 Å². The minimum Gasteiger partial charge on any atom is -0.497 e. The number of methoxy groups -OCH3 is 1. The molecule has 26 heavy (non-hydrogen) atoms. The van der Waals surface area contributed by atoms with Crippen molar-refractivity contribution in [1.82, 2.24) is 5.32 Å². The van der Waals surface area contributed by atoms with E-state index in [9.17, 15) is 9.59 Å². The van der Waals surface area contributed by atoms with Crippen molar-refractivity contribution in [3.63, 3.8) is 0 Å². The van der Waals surface area contributed by atoms with Gasteiger partial charge < -0.3 is 14.8 Å². The van der Waals surface area contributed by atoms with Gasteiger partial charge in [-0.3, -0.25) is 9.59 Å². The topological polar surface area (TPSA) is 64.6 Å². The molecule has 1 N–H and O–H groups in total. The highest BCUT2D eigenvalue weighted by atomic mass is 16.5. The fourth-order valence-electron chi connectivity index (χ4n) is 2.59. The van der Waals surface area contributed by atoms with Gasteiger partial charge in [-0.05, 0) is 47.7 Å². The van der Waals surface area contributed by atoms with E-state index in [0.29, 0.717) is 12.5 Å². The molecule has 2 aromatic rings. The summed E-state index contributed by atoms with van der Waals surface area (Å²) in [6, 6.07) is 11.6. The van der Waals surface area contributed by atoms with Crippen LogP contribution in [0.3, 0.4) is 0 Å². The second kappa shape index (κ2) is 9.22. The fraction of sp³-hybridized carbons (Fsp3) is 0.429. The standard InChI is InChI=1S/C21H27NO4/c1-14(2)9-10-22-20(23)13-26-21(24)15(3)16-5-6-18-12-19(25-4)8-7-17(18)11-16/h5-8,11-12,14-15H,9-10,13H2,1-4H3,(H,22,23)/t15-/m0/s1. The number of carbonyl (C=O) groups is 2. The SMILES string of the molecule is COc1ccc2cc([C@H](C)C(=O)OCC(=O)NCCC(C)C)ccc2c1. The number of fused-ring (bicyclic) bond motifs is 1. The van der Waals surface area contributed by atoms with Crippen LogP contribution in [0.15, 0.2) is 36.4 Å². The Morgan fingerprint density at radius 2 is 1.73 bits per heavy atom. The Balaban J connectivity index is 1.93. The van der Waals surface area contributed by atoms with E-state index in [2.05, 4.69) is 19.2 Å². The van der Waals surface area contributed by atoms with Crippen LogP contribution < -0.4 is 10.1 Å². The van der Waals surface area contributed by atoms with Gasteiger partial charge >= 0.3 is 5.97 Å². The van der Waals surface area contributed by atoms with Crippen LogP contribution in [0.5, 0.6) is 5.75 Å². The van der Waals surface area contributed by atoms with Crippen LogP contribution in [0, 0.1) is 5.92 Å². The lowest BCUT2D eigenvalue weighted by molar-refractivity contribution is -0.149. The van der Waals surface area contributed by atoms with Gasteiger partial charge in [0.05, 0.1) is 13.0 Å². The van der Waals surface area contributed by atoms with E-state index in [1.807, 2.05) is 36.4 Å². The number of esters is 1. The zero-order valence-electron chi connectivity index (χ0n) is 15.9. The van der Waals surface area contributed by atoms with Crippen LogP contribution >= 0.6 is 0 Å². The molecule has 0 spiro atoms. The molecular weight excluding hydrogens is 330 g/mol. The number of ether oxygens (including phenoxy) is 2. The molecule has 0 saturated heterocycles. The normalized spacial score (nSPS) is 12.0. The fourth-order valence-corrected chi connectivity index (χ4v) is 2.59. The Hall–Kier alpha value is -2.56. The zero-order chi connectivity index (χ0) is 19.1. The van der Waals surface area contributed by atoms with Crippen LogP contribution in [-0.4, -0.2) is 32.1 Å². The van der Waals surface area contributed by atoms with Crippen molar-refractivity contribution in [2.75, 3.05) is 20.3 Å². The predicted molar refractivity (Wildman–Crippen MR) is 102 cm³/mol. The number of nitrogens with one attached hydrogen (secondary N) is 1. The minimum absolute atomic E-state index is 0.244. The average molecular weight is 357 g/mol. The van der Waals surface area contributed by atoms with E-state index < -0.39 is 11.9 Å². The number of carbonyl (C=O) groups excluding carboxylic acids is 2. The van der Waals surface area contributed by atoms with Gasteiger partial charge in [-0.15, -0.1) is 0 Å². The van der Waals surface area contributed by atoms with Crippen LogP contribution in [0.2, 0.25) is 0 Å². The smallest absolute Gasteiger partial charge is 0.313 e. The number of rotatable bonds is 8. The molecule has 0 saturated carbocycles. The highest BCUT2D eigenvalue weighted by molar-refractivity contribution is 5.87. The van der Waals surface area contributed by atoms with E-state index in [-0.39, 0.29) is 12.5 Å². The maximum Gasteiger partial charge on any atom is 0.313 e. The van der Waals surface area contributed by atoms with Gasteiger partial charge in [0.15, 0.2) is 6.61 Å². The first-order valence-corrected chi connectivity index (χ1v) is 8.91. The Labute approximate surface area is 154 Å². The van der Waals surface area contributed by atoms with Crippen LogP contribution in [0.25, 0.3) is 10.8 Å². The van der Waals surface area contributed by atoms with E-state index in [1.165, 1.54) is 0 Å². The summed E-state index contributed by atoms with van der Waals surface area (Å²) < 4.78 is 10.4. The van der Waals surface area contributed by atoms with Crippen molar-refractivity contribution in [3.8, 4) is 5.75 Å². The number of benzene rings is 2. The van der Waals surface area contributed by atoms with Crippen molar-refractivity contribution in [3.05, 3.63) is 42.0 Å². The number of hydrogen-bond acceptors (Lipinski definition) is 4. The maximum atomic E-state index is 12.2. The van der Waals surface area contributed by atoms with Gasteiger partial charge in [-0.25, -0.2) is 0 Å². The van der Waals surface area contributed by atoms with E-state index in [1.54, 1.807) is 14.0 Å². The Kier molecular flexibility index (Phi) is 7.01. The van der Waals surface area contributed by atoms with Crippen LogP contribution in [0.1, 0.15) is 38.7 Å². The molecule has 1 atom stereocenters. The summed E-state index contributed by atoms with van der Waals surface area (Å²) in [5.41, 5.74) is 0.855. The largest absolute Gasteiger partial charge is 0.497 e. The summed E-state index contributed by atoms with van der Waals surface area (Å²) in [6.45, 7) is 6.31. The summed E-state index contributed by atoms with van der Waals surface area (Å²) >= 11 is 0. The molecule has 0 heterocycles. The molecule has 0 unspecified atom stereocenters. The molecule has 0 aromatic heterocycles. The Morgan fingerprint density at radius 1 is 1.04 bits per heavy atom. The molecule has 0 fully saturated rings. The quantitative estimate of drug-likeness (QED) is 0.732. The first-order chi connectivity index (χ1) is 12.4. The van der Waals surface area contributed by atoms with Crippen molar-refractivity contribution in [2.45, 2.75) is 33.1 Å². The average Bonchev–Trinajstić information content (AvgIpc) is 2.64. The van der Waals surface area contributed by atoms with E-state index in [0.717, 1.165) is 28.5 Å². The summed E-state index contributed by atoms with van der Waals surface area (Å²) in [4.78, 5) is 24.0. The lowest BCUT2D eigenvalue weighted by atomic mass is 9.98. The second-order valence-corrected chi connectivity index (χ2v) is 6.83. The summed E-state index contributed by atoms with van der Waals surface area (Å²) in [6.07, 6.45) is 0.901. The predicted octanol–water partition coefficient (Wildman–Crippen LogP) is 3.66. The lowest BCUT2D eigenvalue weighted by Gasteiger charge is -2.13. The number of hydrogen-bond donors (Lipinski definition) is 1. The highest BCUT2D eigenvalue weighted by Crippen LogP contribution is 2.25. The zero-order valence-corrected chi connectivity index (χ0v) is 15.9. The molecule has 1 amide bonds. The minimum atomic E-state index is -0.440. The molecule has 0 bridgehead atoms. The molecule has 0 aliphatic rings. The molecule has 2 rings (SSSR count). The Bertz CT molecular complexity index is 770. The third kappa shape index (κ3) is 5.48. The first-order valence-electron chi connectivity index (χ1n) is 8.91. The van der Waals surface area contributed by atoms with Crippen molar-refractivity contribution >= 4 is 22.6 Å². The van der Waals surface area contributed by atoms with Gasteiger partial charge in [0.25, 0.3) is 5.91 Å². The summed E-state index contributed by atoms with van der Waals surface area (Å²) in [7, 11) is 1.63. The van der Waals surface area contributed by atoms with Gasteiger partial charge in [-0.2, -0.15) is 0 Å². The molecule has 5 heteroatoms. The van der Waals surface area contributed by atoms with Crippen molar-refractivity contribution in [2.24, 2.45) is 5.92 Å². The maximum absolute atomic E-state index is 12.2. The molecule has 5 nitrogen and oxygen atoms in total. The van der Waals surface area contributed by atoms with Gasteiger partial charge in [0.1, 0.15) is 5.75 Å². The Morgan fingerprint density at radius 3 is 2.42 bits per heavy atom. The monoisotopic (exact) mass is 357 g/mol. The van der Waals surface area contributed by atoms with Gasteiger partial charge in [0, 0.05) is 6.54 Å². The van der Waals surface area contributed by atoms with Crippen molar-refractivity contribution in [1.29, 1.82) is 0 Å². The molecule has 2 aromatic carbocycles. The molecule has 0 aliphatic heterocycles. The molecule has 0 aliphatic carbocycles. The summed E-state index contributed by atoms with van der Waals surface area (Å²) in [5.74, 6) is 0.200. The van der Waals surface area contributed by atoms with Crippen LogP contribution in [-0.2, 0) is 14.3 Å². The lowest BCUT2D eigenvalue weighted by Crippen LogP contribution is -2.30. The highest BCUT2D eigenvalue weighted by Gasteiger charge is 2.18. The van der Waals surface area contributed by atoms with E-state index in [4.69, 9.17) is 9.47 Å². The third-order valence-corrected chi connectivity index (χ3v) is 4.31. The molecule has 0 radical (unpaired) electrons. The van der Waals surface area contributed by atoms with Crippen LogP contribution in [0.4, 0.5) is 0 Å². The summed E-state index contributed by atoms with van der Waals surface area (Å²) in [5, 5.41) is 4.82. The second-order valence-electron chi connectivity index (χ2n) is 6.83. The van der Waals surface area contributed by atoms with Gasteiger partial charge in [-0.1, -0.05) is 38.1 Å². The number of amides is 1. The van der Waals surface area contributed by atoms with E-state index >= 15 is 0 Å².